The first-order chi connectivity index (χ1) is 18.2. The van der Waals surface area contributed by atoms with Crippen LogP contribution in [0.1, 0.15) is 30.7 Å². The standard InChI is InChI=1S/C23H21N7O7S/c24-23-27-18(29-38-23)16(28-37)20(33)26-15-13-6-5-11(17(22(35)36)30(13)21(15)34)14(12-7-8-25-19(12)32)9-1-3-10(31)4-2-9/h1-4,13,15,31,37H,5-8H2,(H,25,32)(H,26,33)(H,35,36)(H2,24,27,29)/t13-,15+/m1/s1. The molecule has 3 amide bonds. The summed E-state index contributed by atoms with van der Waals surface area (Å²) >= 11 is 0.790. The van der Waals surface area contributed by atoms with Gasteiger partial charge in [-0.25, -0.2) is 4.79 Å². The molecule has 2 aromatic rings. The lowest BCUT2D eigenvalue weighted by Crippen LogP contribution is -2.72. The molecule has 0 unspecified atom stereocenters. The lowest BCUT2D eigenvalue weighted by atomic mass is 9.78. The maximum absolute atomic E-state index is 13.2. The molecule has 1 aromatic heterocycles. The minimum atomic E-state index is -1.36. The number of phenolic OH excluding ortho intramolecular Hbond substituents is 1. The van der Waals surface area contributed by atoms with Crippen LogP contribution in [0.15, 0.2) is 46.3 Å². The van der Waals surface area contributed by atoms with Crippen molar-refractivity contribution >= 4 is 51.6 Å². The monoisotopic (exact) mass is 539 g/mol. The van der Waals surface area contributed by atoms with Crippen LogP contribution in [0.3, 0.4) is 0 Å². The highest BCUT2D eigenvalue weighted by Gasteiger charge is 2.54. The maximum Gasteiger partial charge on any atom is 0.352 e. The first-order valence-electron chi connectivity index (χ1n) is 11.4. The first kappa shape index (κ1) is 24.9. The molecule has 15 heteroatoms. The lowest BCUT2D eigenvalue weighted by Gasteiger charge is -2.50. The van der Waals surface area contributed by atoms with Gasteiger partial charge in [0, 0.05) is 23.7 Å². The number of hydrogen-bond acceptors (Lipinski definition) is 11. The van der Waals surface area contributed by atoms with Crippen LogP contribution in [0.5, 0.6) is 5.75 Å². The Morgan fingerprint density at radius 2 is 1.95 bits per heavy atom. The molecule has 2 saturated heterocycles. The number of hydrogen-bond donors (Lipinski definition) is 6. The van der Waals surface area contributed by atoms with E-state index in [0.29, 0.717) is 35.2 Å². The molecule has 4 heterocycles. The number of allylic oxidation sites excluding steroid dienone is 2. The van der Waals surface area contributed by atoms with Crippen molar-refractivity contribution in [3.8, 4) is 5.75 Å². The molecule has 0 aliphatic carbocycles. The number of anilines is 1. The third kappa shape index (κ3) is 4.11. The van der Waals surface area contributed by atoms with Crippen molar-refractivity contribution in [3.05, 3.63) is 52.5 Å². The lowest BCUT2D eigenvalue weighted by molar-refractivity contribution is -0.155. The Bertz CT molecular complexity index is 1460. The molecule has 2 fully saturated rings. The number of nitrogens with two attached hydrogens (primary N) is 1. The van der Waals surface area contributed by atoms with Crippen LogP contribution >= 0.6 is 11.5 Å². The summed E-state index contributed by atoms with van der Waals surface area (Å²) in [6, 6.07) is 4.26. The molecule has 7 N–H and O–H groups in total. The van der Waals surface area contributed by atoms with E-state index >= 15 is 0 Å². The largest absolute Gasteiger partial charge is 0.508 e. The summed E-state index contributed by atoms with van der Waals surface area (Å²) in [4.78, 5) is 55.9. The normalized spacial score (nSPS) is 22.5. The third-order valence-corrected chi connectivity index (χ3v) is 7.13. The van der Waals surface area contributed by atoms with Gasteiger partial charge in [0.25, 0.3) is 11.8 Å². The van der Waals surface area contributed by atoms with Gasteiger partial charge < -0.3 is 31.8 Å². The highest BCUT2D eigenvalue weighted by Crippen LogP contribution is 2.43. The molecule has 0 bridgehead atoms. The summed E-state index contributed by atoms with van der Waals surface area (Å²) < 4.78 is 3.82. The Morgan fingerprint density at radius 3 is 2.53 bits per heavy atom. The number of carbonyl (C=O) groups is 4. The van der Waals surface area contributed by atoms with Crippen LogP contribution in [-0.2, 0) is 19.2 Å². The van der Waals surface area contributed by atoms with E-state index in [2.05, 4.69) is 25.1 Å². The minimum Gasteiger partial charge on any atom is -0.508 e. The van der Waals surface area contributed by atoms with Gasteiger partial charge in [0.05, 0.1) is 6.04 Å². The van der Waals surface area contributed by atoms with Crippen LogP contribution < -0.4 is 16.4 Å². The Kier molecular flexibility index (Phi) is 6.28. The second kappa shape index (κ2) is 9.59. The van der Waals surface area contributed by atoms with E-state index in [-0.39, 0.29) is 41.2 Å². The Morgan fingerprint density at radius 1 is 1.21 bits per heavy atom. The van der Waals surface area contributed by atoms with Gasteiger partial charge >= 0.3 is 5.97 Å². The van der Waals surface area contributed by atoms with E-state index in [1.54, 1.807) is 12.1 Å². The number of benzene rings is 1. The molecule has 196 valence electrons. The molecule has 2 atom stereocenters. The molecule has 0 spiro atoms. The van der Waals surface area contributed by atoms with Gasteiger partial charge in [0.1, 0.15) is 17.5 Å². The summed E-state index contributed by atoms with van der Waals surface area (Å²) in [6.07, 6.45) is 0.841. The van der Waals surface area contributed by atoms with E-state index in [0.717, 1.165) is 16.4 Å². The van der Waals surface area contributed by atoms with Crippen LogP contribution in [0, 0.1) is 0 Å². The average molecular weight is 540 g/mol. The van der Waals surface area contributed by atoms with Crippen LogP contribution in [-0.4, -0.2) is 77.7 Å². The molecular weight excluding hydrogens is 518 g/mol. The highest BCUT2D eigenvalue weighted by atomic mass is 32.1. The average Bonchev–Trinajstić information content (AvgIpc) is 3.51. The van der Waals surface area contributed by atoms with Crippen LogP contribution in [0.4, 0.5) is 5.13 Å². The fourth-order valence-corrected chi connectivity index (χ4v) is 5.39. The minimum absolute atomic E-state index is 0.00273. The first-order valence-corrected chi connectivity index (χ1v) is 12.2. The Balaban J connectivity index is 1.49. The molecule has 1 aromatic carbocycles. The van der Waals surface area contributed by atoms with E-state index in [1.165, 1.54) is 12.1 Å². The number of amides is 3. The van der Waals surface area contributed by atoms with Crippen LogP contribution in [0.2, 0.25) is 0 Å². The summed E-state index contributed by atoms with van der Waals surface area (Å²) in [7, 11) is 0. The van der Waals surface area contributed by atoms with Gasteiger partial charge in [0.2, 0.25) is 17.4 Å². The van der Waals surface area contributed by atoms with Crippen molar-refractivity contribution in [2.45, 2.75) is 31.3 Å². The second-order valence-electron chi connectivity index (χ2n) is 8.71. The van der Waals surface area contributed by atoms with Crippen molar-refractivity contribution in [1.29, 1.82) is 0 Å². The molecule has 14 nitrogen and oxygen atoms in total. The molecule has 3 aliphatic heterocycles. The highest BCUT2D eigenvalue weighted by molar-refractivity contribution is 7.09. The fraction of sp³-hybridized carbons (Fsp3) is 0.261. The summed E-state index contributed by atoms with van der Waals surface area (Å²) in [5, 5.41) is 37.4. The number of nitrogens with one attached hydrogen (secondary N) is 2. The molecule has 38 heavy (non-hydrogen) atoms. The number of carboxylic acid groups (broad SMARTS) is 1. The predicted octanol–water partition coefficient (Wildman–Crippen LogP) is -0.194. The topological polar surface area (TPSA) is 220 Å². The molecule has 3 aliphatic rings. The zero-order valence-electron chi connectivity index (χ0n) is 19.5. The SMILES string of the molecule is Nc1nc(C(=NO)C(=O)N[C@@H]2C(=O)N3C(C(=O)O)=C(C(=C4CCNC4=O)c4ccc(O)cc4)CC[C@H]23)ns1. The number of rotatable bonds is 6. The van der Waals surface area contributed by atoms with Crippen molar-refractivity contribution in [1.82, 2.24) is 24.9 Å². The Hall–Kier alpha value is -4.79. The quantitative estimate of drug-likeness (QED) is 0.0933. The number of fused-ring (bicyclic) bond motifs is 1. The number of aliphatic carboxylic acids is 1. The van der Waals surface area contributed by atoms with Gasteiger partial charge in [-0.05, 0) is 48.1 Å². The van der Waals surface area contributed by atoms with E-state index in [1.807, 2.05) is 0 Å². The number of nitrogens with zero attached hydrogens (tertiary/aromatic N) is 4. The van der Waals surface area contributed by atoms with Gasteiger partial charge in [-0.15, -0.1) is 0 Å². The summed E-state index contributed by atoms with van der Waals surface area (Å²) in [5.41, 5.74) is 6.32. The molecular formula is C23H21N7O7S. The third-order valence-electron chi connectivity index (χ3n) is 6.59. The number of carbonyl (C=O) groups excluding carboxylic acids is 3. The smallest absolute Gasteiger partial charge is 0.352 e. The van der Waals surface area contributed by atoms with Crippen molar-refractivity contribution in [2.24, 2.45) is 5.16 Å². The number of aromatic nitrogens is 2. The second-order valence-corrected chi connectivity index (χ2v) is 9.49. The van der Waals surface area contributed by atoms with Crippen molar-refractivity contribution in [2.75, 3.05) is 12.3 Å². The fourth-order valence-electron chi connectivity index (χ4n) is 4.96. The number of phenols is 1. The maximum atomic E-state index is 13.2. The summed E-state index contributed by atoms with van der Waals surface area (Å²) in [6.45, 7) is 0.388. The Labute approximate surface area is 218 Å². The zero-order chi connectivity index (χ0) is 27.1. The van der Waals surface area contributed by atoms with Gasteiger partial charge in [-0.2, -0.15) is 9.36 Å². The summed E-state index contributed by atoms with van der Waals surface area (Å²) in [5.74, 6) is -3.51. The van der Waals surface area contributed by atoms with Crippen molar-refractivity contribution < 1.29 is 34.6 Å². The molecule has 5 rings (SSSR count). The van der Waals surface area contributed by atoms with Gasteiger partial charge in [-0.3, -0.25) is 19.3 Å². The van der Waals surface area contributed by atoms with E-state index in [4.69, 9.17) is 5.73 Å². The van der Waals surface area contributed by atoms with Gasteiger partial charge in [0.15, 0.2) is 5.13 Å². The number of aromatic hydroxyl groups is 1. The number of β-lactam (4-membered cyclic amide) rings is 1. The van der Waals surface area contributed by atoms with E-state index in [9.17, 15) is 34.6 Å². The van der Waals surface area contributed by atoms with Crippen molar-refractivity contribution in [3.63, 3.8) is 0 Å². The van der Waals surface area contributed by atoms with E-state index < -0.39 is 35.6 Å². The molecule has 0 radical (unpaired) electrons. The zero-order valence-corrected chi connectivity index (χ0v) is 20.4. The molecule has 0 saturated carbocycles. The number of carboxylic acids is 1. The number of nitrogen functional groups attached to an aromatic ring is 1. The van der Waals surface area contributed by atoms with Gasteiger partial charge in [-0.1, -0.05) is 17.3 Å². The van der Waals surface area contributed by atoms with Crippen LogP contribution in [0.25, 0.3) is 5.57 Å². The number of oxime groups is 1. The predicted molar refractivity (Wildman–Crippen MR) is 132 cm³/mol.